The number of thiophene rings is 1. The highest BCUT2D eigenvalue weighted by molar-refractivity contribution is 7.14. The third-order valence-electron chi connectivity index (χ3n) is 2.94. The van der Waals surface area contributed by atoms with Gasteiger partial charge < -0.3 is 15.8 Å². The number of carbonyl (C=O) groups is 2. The molecule has 0 saturated carbocycles. The van der Waals surface area contributed by atoms with Gasteiger partial charge in [-0.15, -0.1) is 11.3 Å². The second-order valence-corrected chi connectivity index (χ2v) is 5.90. The van der Waals surface area contributed by atoms with Crippen molar-refractivity contribution in [1.82, 2.24) is 5.32 Å². The van der Waals surface area contributed by atoms with Crippen molar-refractivity contribution >= 4 is 23.2 Å². The van der Waals surface area contributed by atoms with Crippen molar-refractivity contribution in [2.45, 2.75) is 19.6 Å². The fraction of sp³-hybridized carbons (Fsp3) is 0.200. The van der Waals surface area contributed by atoms with Gasteiger partial charge in [0.25, 0.3) is 5.91 Å². The molecule has 1 aromatic heterocycles. The van der Waals surface area contributed by atoms with E-state index in [9.17, 15) is 18.4 Å². The second-order valence-electron chi connectivity index (χ2n) is 4.65. The van der Waals surface area contributed by atoms with Crippen LogP contribution in [-0.4, -0.2) is 18.4 Å². The van der Waals surface area contributed by atoms with Crippen molar-refractivity contribution in [3.05, 3.63) is 51.7 Å². The number of carbonyl (C=O) groups excluding carboxylic acids is 2. The summed E-state index contributed by atoms with van der Waals surface area (Å²) in [7, 11) is 0. The number of alkyl halides is 2. The largest absolute Gasteiger partial charge is 0.433 e. The van der Waals surface area contributed by atoms with Gasteiger partial charge in [-0.3, -0.25) is 9.59 Å². The van der Waals surface area contributed by atoms with Crippen LogP contribution in [-0.2, 0) is 4.79 Å². The maximum Gasteiger partial charge on any atom is 0.387 e. The lowest BCUT2D eigenvalue weighted by atomic mass is 10.1. The lowest BCUT2D eigenvalue weighted by Crippen LogP contribution is -2.37. The molecule has 1 heterocycles. The van der Waals surface area contributed by atoms with Crippen LogP contribution in [0.4, 0.5) is 8.78 Å². The van der Waals surface area contributed by atoms with Crippen molar-refractivity contribution < 1.29 is 23.1 Å². The summed E-state index contributed by atoms with van der Waals surface area (Å²) in [5.41, 5.74) is 5.82. The number of halogens is 2. The number of hydrogen-bond acceptors (Lipinski definition) is 4. The fourth-order valence-corrected chi connectivity index (χ4v) is 2.84. The smallest absolute Gasteiger partial charge is 0.387 e. The quantitative estimate of drug-likeness (QED) is 0.848. The van der Waals surface area contributed by atoms with E-state index in [0.29, 0.717) is 10.4 Å². The van der Waals surface area contributed by atoms with Gasteiger partial charge in [-0.05, 0) is 18.6 Å². The molecule has 0 aliphatic carbocycles. The molecule has 3 N–H and O–H groups in total. The minimum Gasteiger partial charge on any atom is -0.433 e. The number of primary amides is 1. The molecule has 0 bridgehead atoms. The van der Waals surface area contributed by atoms with Crippen LogP contribution < -0.4 is 15.8 Å². The van der Waals surface area contributed by atoms with E-state index in [4.69, 9.17) is 5.73 Å². The summed E-state index contributed by atoms with van der Waals surface area (Å²) in [6, 6.07) is 8.67. The van der Waals surface area contributed by atoms with E-state index in [0.717, 1.165) is 11.3 Å². The van der Waals surface area contributed by atoms with E-state index < -0.39 is 24.5 Å². The van der Waals surface area contributed by atoms with E-state index in [-0.39, 0.29) is 10.6 Å². The summed E-state index contributed by atoms with van der Waals surface area (Å²) < 4.78 is 29.1. The molecule has 1 atom stereocenters. The van der Waals surface area contributed by atoms with E-state index in [1.807, 2.05) is 0 Å². The summed E-state index contributed by atoms with van der Waals surface area (Å²) in [4.78, 5) is 24.5. The molecule has 0 aliphatic heterocycles. The molecule has 0 spiro atoms. The third kappa shape index (κ3) is 4.26. The van der Waals surface area contributed by atoms with Crippen molar-refractivity contribution in [1.29, 1.82) is 0 Å². The normalized spacial score (nSPS) is 12.0. The van der Waals surface area contributed by atoms with Gasteiger partial charge >= 0.3 is 6.61 Å². The van der Waals surface area contributed by atoms with E-state index >= 15 is 0 Å². The molecule has 2 rings (SSSR count). The average molecular weight is 340 g/mol. The lowest BCUT2D eigenvalue weighted by Gasteiger charge is -2.16. The summed E-state index contributed by atoms with van der Waals surface area (Å²) >= 11 is 0.991. The lowest BCUT2D eigenvalue weighted by molar-refractivity contribution is -0.120. The number of hydrogen-bond donors (Lipinski definition) is 2. The molecular formula is C15H14F2N2O3S. The summed E-state index contributed by atoms with van der Waals surface area (Å²) in [6.07, 6.45) is 0. The van der Waals surface area contributed by atoms with Gasteiger partial charge in [0.1, 0.15) is 16.7 Å². The number of rotatable bonds is 6. The zero-order valence-electron chi connectivity index (χ0n) is 12.1. The van der Waals surface area contributed by atoms with Crippen LogP contribution in [0.3, 0.4) is 0 Å². The summed E-state index contributed by atoms with van der Waals surface area (Å²) in [5.74, 6) is -1.68. The van der Waals surface area contributed by atoms with Gasteiger partial charge in [-0.2, -0.15) is 8.78 Å². The molecule has 1 aromatic carbocycles. The maximum atomic E-state index is 12.4. The van der Waals surface area contributed by atoms with Crippen LogP contribution >= 0.6 is 11.3 Å². The summed E-state index contributed by atoms with van der Waals surface area (Å²) in [6.45, 7) is -1.39. The predicted octanol–water partition coefficient (Wildman–Crippen LogP) is 2.61. The molecule has 5 nitrogen and oxygen atoms in total. The second kappa shape index (κ2) is 7.19. The molecule has 0 fully saturated rings. The Morgan fingerprint density at radius 3 is 2.48 bits per heavy atom. The first-order valence-corrected chi connectivity index (χ1v) is 7.40. The zero-order valence-corrected chi connectivity index (χ0v) is 12.9. The summed E-state index contributed by atoms with van der Waals surface area (Å²) in [5, 5.41) is 2.45. The van der Waals surface area contributed by atoms with Gasteiger partial charge in [0, 0.05) is 4.88 Å². The molecule has 0 unspecified atom stereocenters. The number of nitrogens with one attached hydrogen (secondary N) is 1. The topological polar surface area (TPSA) is 81.4 Å². The number of benzene rings is 1. The monoisotopic (exact) mass is 340 g/mol. The van der Waals surface area contributed by atoms with Crippen molar-refractivity contribution in [2.75, 3.05) is 0 Å². The van der Waals surface area contributed by atoms with Crippen LogP contribution in [0.15, 0.2) is 36.4 Å². The molecule has 8 heteroatoms. The van der Waals surface area contributed by atoms with E-state index in [2.05, 4.69) is 10.1 Å². The van der Waals surface area contributed by atoms with E-state index in [1.54, 1.807) is 37.3 Å². The Balaban J connectivity index is 2.25. The first-order valence-electron chi connectivity index (χ1n) is 6.59. The average Bonchev–Trinajstić information content (AvgIpc) is 2.85. The van der Waals surface area contributed by atoms with Crippen LogP contribution in [0, 0.1) is 6.92 Å². The Kier molecular flexibility index (Phi) is 5.28. The molecule has 2 amide bonds. The van der Waals surface area contributed by atoms with Crippen LogP contribution in [0.5, 0.6) is 5.75 Å². The molecular weight excluding hydrogens is 326 g/mol. The van der Waals surface area contributed by atoms with Gasteiger partial charge in [-0.25, -0.2) is 0 Å². The van der Waals surface area contributed by atoms with Gasteiger partial charge in [0.15, 0.2) is 0 Å². The van der Waals surface area contributed by atoms with E-state index in [1.165, 1.54) is 6.07 Å². The number of aryl methyl sites for hydroxylation is 1. The Bertz CT molecular complexity index is 704. The highest BCUT2D eigenvalue weighted by Gasteiger charge is 2.25. The molecule has 23 heavy (non-hydrogen) atoms. The highest BCUT2D eigenvalue weighted by atomic mass is 32.1. The Morgan fingerprint density at radius 2 is 1.91 bits per heavy atom. The third-order valence-corrected chi connectivity index (χ3v) is 3.97. The minimum atomic E-state index is -3.04. The molecule has 122 valence electrons. The maximum absolute atomic E-state index is 12.4. The fourth-order valence-electron chi connectivity index (χ4n) is 1.99. The molecule has 2 aromatic rings. The SMILES string of the molecule is Cc1cc(OC(F)F)c(C(=O)N[C@H](C(N)=O)c2ccccc2)s1. The van der Waals surface area contributed by atoms with Gasteiger partial charge in [0.2, 0.25) is 5.91 Å². The molecule has 0 aliphatic rings. The Hall–Kier alpha value is -2.48. The Labute approximate surface area is 135 Å². The minimum absolute atomic E-state index is 0.0371. The number of nitrogens with two attached hydrogens (primary N) is 1. The van der Waals surface area contributed by atoms with Crippen molar-refractivity contribution in [3.63, 3.8) is 0 Å². The molecule has 0 radical (unpaired) electrons. The highest BCUT2D eigenvalue weighted by Crippen LogP contribution is 2.30. The zero-order chi connectivity index (χ0) is 17.0. The van der Waals surface area contributed by atoms with Gasteiger partial charge in [0.05, 0.1) is 0 Å². The number of ether oxygens (including phenoxy) is 1. The standard InChI is InChI=1S/C15H14F2N2O3S/c1-8-7-10(22-15(16)17)12(23-8)14(21)19-11(13(18)20)9-5-3-2-4-6-9/h2-7,11,15H,1H3,(H2,18,20)(H,19,21)/t11-/m0/s1. The van der Waals surface area contributed by atoms with Crippen LogP contribution in [0.2, 0.25) is 0 Å². The van der Waals surface area contributed by atoms with Crippen molar-refractivity contribution in [3.8, 4) is 5.75 Å². The Morgan fingerprint density at radius 1 is 1.26 bits per heavy atom. The van der Waals surface area contributed by atoms with Crippen molar-refractivity contribution in [2.24, 2.45) is 5.73 Å². The first kappa shape index (κ1) is 16.9. The van der Waals surface area contributed by atoms with Crippen LogP contribution in [0.1, 0.15) is 26.2 Å². The van der Waals surface area contributed by atoms with Gasteiger partial charge in [-0.1, -0.05) is 30.3 Å². The van der Waals surface area contributed by atoms with Crippen LogP contribution in [0.25, 0.3) is 0 Å². The molecule has 0 saturated heterocycles. The first-order chi connectivity index (χ1) is 10.9. The predicted molar refractivity (Wildman–Crippen MR) is 81.5 cm³/mol. The number of amides is 2.